The van der Waals surface area contributed by atoms with E-state index in [1.807, 2.05) is 21.0 Å². The normalized spacial score (nSPS) is 11.8. The van der Waals surface area contributed by atoms with Crippen LogP contribution in [0.2, 0.25) is 0 Å². The minimum atomic E-state index is 0. The standard InChI is InChI=1S/C11H24N2OS.ClH/c1-5-6-9-15-10(2)11(14)13(4)8-7-12-3;/h10,12H,5-9H2,1-4H3;1H. The molecular weight excluding hydrogens is 244 g/mol. The Morgan fingerprint density at radius 3 is 2.62 bits per heavy atom. The summed E-state index contributed by atoms with van der Waals surface area (Å²) in [4.78, 5) is 13.6. The number of carbonyl (C=O) groups excluding carboxylic acids is 1. The lowest BCUT2D eigenvalue weighted by Gasteiger charge is -2.20. The van der Waals surface area contributed by atoms with Crippen molar-refractivity contribution in [1.29, 1.82) is 0 Å². The van der Waals surface area contributed by atoms with Gasteiger partial charge in [-0.05, 0) is 26.1 Å². The van der Waals surface area contributed by atoms with Crippen LogP contribution in [-0.4, -0.2) is 49.0 Å². The molecule has 0 aliphatic carbocycles. The number of hydrogen-bond acceptors (Lipinski definition) is 3. The van der Waals surface area contributed by atoms with Crippen LogP contribution < -0.4 is 5.32 Å². The Morgan fingerprint density at radius 2 is 2.12 bits per heavy atom. The van der Waals surface area contributed by atoms with Crippen LogP contribution in [0.25, 0.3) is 0 Å². The van der Waals surface area contributed by atoms with Crippen molar-refractivity contribution in [3.05, 3.63) is 0 Å². The summed E-state index contributed by atoms with van der Waals surface area (Å²) in [6.45, 7) is 5.81. The van der Waals surface area contributed by atoms with Crippen molar-refractivity contribution in [1.82, 2.24) is 10.2 Å². The SMILES string of the molecule is CCCCSC(C)C(=O)N(C)CCNC.Cl. The third kappa shape index (κ3) is 8.25. The summed E-state index contributed by atoms with van der Waals surface area (Å²) in [6, 6.07) is 0. The number of unbranched alkanes of at least 4 members (excludes halogenated alkanes) is 1. The lowest BCUT2D eigenvalue weighted by atomic mass is 10.4. The third-order valence-electron chi connectivity index (χ3n) is 2.29. The second kappa shape index (κ2) is 11.6. The van der Waals surface area contributed by atoms with Crippen molar-refractivity contribution in [2.45, 2.75) is 31.9 Å². The smallest absolute Gasteiger partial charge is 0.235 e. The Bertz CT molecular complexity index is 181. The van der Waals surface area contributed by atoms with Gasteiger partial charge in [-0.3, -0.25) is 4.79 Å². The summed E-state index contributed by atoms with van der Waals surface area (Å²) in [5.41, 5.74) is 0. The van der Waals surface area contributed by atoms with E-state index in [1.165, 1.54) is 12.8 Å². The van der Waals surface area contributed by atoms with Crippen LogP contribution in [0.3, 0.4) is 0 Å². The van der Waals surface area contributed by atoms with Gasteiger partial charge in [-0.2, -0.15) is 0 Å². The highest BCUT2D eigenvalue weighted by atomic mass is 35.5. The van der Waals surface area contributed by atoms with Crippen molar-refractivity contribution >= 4 is 30.1 Å². The Kier molecular flexibility index (Phi) is 13.3. The maximum atomic E-state index is 11.8. The van der Waals surface area contributed by atoms with Crippen molar-refractivity contribution < 1.29 is 4.79 Å². The van der Waals surface area contributed by atoms with Gasteiger partial charge in [0.1, 0.15) is 0 Å². The zero-order valence-electron chi connectivity index (χ0n) is 10.8. The quantitative estimate of drug-likeness (QED) is 0.684. The molecule has 5 heteroatoms. The molecule has 1 atom stereocenters. The van der Waals surface area contributed by atoms with E-state index < -0.39 is 0 Å². The summed E-state index contributed by atoms with van der Waals surface area (Å²) in [6.07, 6.45) is 2.39. The predicted molar refractivity (Wildman–Crippen MR) is 75.6 cm³/mol. The van der Waals surface area contributed by atoms with Gasteiger partial charge >= 0.3 is 0 Å². The van der Waals surface area contributed by atoms with Gasteiger partial charge in [0.2, 0.25) is 5.91 Å². The molecule has 0 saturated carbocycles. The van der Waals surface area contributed by atoms with Crippen molar-refractivity contribution in [2.24, 2.45) is 0 Å². The van der Waals surface area contributed by atoms with Crippen LogP contribution in [0.4, 0.5) is 0 Å². The zero-order valence-corrected chi connectivity index (χ0v) is 12.4. The maximum Gasteiger partial charge on any atom is 0.235 e. The van der Waals surface area contributed by atoms with Crippen molar-refractivity contribution in [2.75, 3.05) is 32.9 Å². The molecule has 0 aromatic carbocycles. The fraction of sp³-hybridized carbons (Fsp3) is 0.909. The Morgan fingerprint density at radius 1 is 1.50 bits per heavy atom. The molecule has 0 bridgehead atoms. The average Bonchev–Trinajstić information content (AvgIpc) is 2.24. The Balaban J connectivity index is 0. The Hall–Kier alpha value is 0.0700. The molecule has 0 aliphatic rings. The number of rotatable bonds is 8. The van der Waals surface area contributed by atoms with Gasteiger partial charge in [0.05, 0.1) is 5.25 Å². The first-order chi connectivity index (χ1) is 7.13. The topological polar surface area (TPSA) is 32.3 Å². The average molecular weight is 269 g/mol. The van der Waals surface area contributed by atoms with Crippen LogP contribution in [0.5, 0.6) is 0 Å². The summed E-state index contributed by atoms with van der Waals surface area (Å²) in [5.74, 6) is 1.33. The number of nitrogens with zero attached hydrogens (tertiary/aromatic N) is 1. The molecule has 3 nitrogen and oxygen atoms in total. The van der Waals surface area contributed by atoms with E-state index in [0.717, 1.165) is 18.8 Å². The summed E-state index contributed by atoms with van der Waals surface area (Å²) in [5, 5.41) is 3.14. The first kappa shape index (κ1) is 18.4. The molecule has 98 valence electrons. The molecule has 0 heterocycles. The highest BCUT2D eigenvalue weighted by Crippen LogP contribution is 2.14. The summed E-state index contributed by atoms with van der Waals surface area (Å²) < 4.78 is 0. The minimum Gasteiger partial charge on any atom is -0.344 e. The van der Waals surface area contributed by atoms with Gasteiger partial charge in [0, 0.05) is 20.1 Å². The van der Waals surface area contributed by atoms with E-state index in [9.17, 15) is 4.79 Å². The fourth-order valence-corrected chi connectivity index (χ4v) is 2.31. The number of halogens is 1. The van der Waals surface area contributed by atoms with E-state index >= 15 is 0 Å². The Labute approximate surface area is 110 Å². The first-order valence-corrected chi connectivity index (χ1v) is 6.69. The molecule has 0 spiro atoms. The molecule has 1 unspecified atom stereocenters. The van der Waals surface area contributed by atoms with Crippen LogP contribution >= 0.6 is 24.2 Å². The van der Waals surface area contributed by atoms with Gasteiger partial charge in [-0.15, -0.1) is 24.2 Å². The fourth-order valence-electron chi connectivity index (χ4n) is 1.18. The summed E-state index contributed by atoms with van der Waals surface area (Å²) in [7, 11) is 3.77. The number of nitrogens with one attached hydrogen (secondary N) is 1. The number of thioether (sulfide) groups is 1. The maximum absolute atomic E-state index is 11.8. The number of amides is 1. The lowest BCUT2D eigenvalue weighted by Crippen LogP contribution is -2.37. The molecule has 0 aromatic rings. The molecule has 0 fully saturated rings. The predicted octanol–water partition coefficient (Wildman–Crippen LogP) is 2.01. The van der Waals surface area contributed by atoms with Gasteiger partial charge in [0.25, 0.3) is 0 Å². The second-order valence-electron chi connectivity index (χ2n) is 3.73. The van der Waals surface area contributed by atoms with Gasteiger partial charge in [0.15, 0.2) is 0 Å². The van der Waals surface area contributed by atoms with Crippen molar-refractivity contribution in [3.63, 3.8) is 0 Å². The number of carbonyl (C=O) groups is 1. The molecule has 0 radical (unpaired) electrons. The van der Waals surface area contributed by atoms with E-state index in [1.54, 1.807) is 16.7 Å². The molecule has 0 aromatic heterocycles. The second-order valence-corrected chi connectivity index (χ2v) is 5.18. The van der Waals surface area contributed by atoms with Crippen molar-refractivity contribution in [3.8, 4) is 0 Å². The number of hydrogen-bond donors (Lipinski definition) is 1. The largest absolute Gasteiger partial charge is 0.344 e. The van der Waals surface area contributed by atoms with Gasteiger partial charge < -0.3 is 10.2 Å². The third-order valence-corrected chi connectivity index (χ3v) is 3.51. The van der Waals surface area contributed by atoms with E-state index in [-0.39, 0.29) is 23.6 Å². The lowest BCUT2D eigenvalue weighted by molar-refractivity contribution is -0.128. The van der Waals surface area contributed by atoms with Crippen LogP contribution in [0.1, 0.15) is 26.7 Å². The molecule has 1 amide bonds. The van der Waals surface area contributed by atoms with E-state index in [4.69, 9.17) is 0 Å². The highest BCUT2D eigenvalue weighted by molar-refractivity contribution is 8.00. The molecule has 16 heavy (non-hydrogen) atoms. The summed E-state index contributed by atoms with van der Waals surface area (Å²) >= 11 is 1.76. The van der Waals surface area contributed by atoms with Crippen LogP contribution in [0.15, 0.2) is 0 Å². The van der Waals surface area contributed by atoms with E-state index in [2.05, 4.69) is 12.2 Å². The minimum absolute atomic E-state index is 0. The zero-order chi connectivity index (χ0) is 11.7. The molecule has 0 aliphatic heterocycles. The molecule has 0 rings (SSSR count). The molecule has 1 N–H and O–H groups in total. The van der Waals surface area contributed by atoms with Gasteiger partial charge in [-0.25, -0.2) is 0 Å². The number of likely N-dealkylation sites (N-methyl/N-ethyl adjacent to an activating group) is 2. The monoisotopic (exact) mass is 268 g/mol. The first-order valence-electron chi connectivity index (χ1n) is 5.64. The highest BCUT2D eigenvalue weighted by Gasteiger charge is 2.16. The van der Waals surface area contributed by atoms with Crippen LogP contribution in [-0.2, 0) is 4.79 Å². The molecule has 0 saturated heterocycles. The van der Waals surface area contributed by atoms with Gasteiger partial charge in [-0.1, -0.05) is 13.3 Å². The molecular formula is C11H25ClN2OS. The van der Waals surface area contributed by atoms with E-state index in [0.29, 0.717) is 0 Å². The van der Waals surface area contributed by atoms with Crippen LogP contribution in [0, 0.1) is 0 Å².